The van der Waals surface area contributed by atoms with Crippen LogP contribution >= 0.6 is 0 Å². The van der Waals surface area contributed by atoms with E-state index in [-0.39, 0.29) is 26.0 Å². The van der Waals surface area contributed by atoms with E-state index in [1.54, 1.807) is 6.92 Å². The van der Waals surface area contributed by atoms with Crippen LogP contribution in [-0.4, -0.2) is 44.8 Å². The van der Waals surface area contributed by atoms with Gasteiger partial charge in [0, 0.05) is 6.61 Å². The summed E-state index contributed by atoms with van der Waals surface area (Å²) in [5.41, 5.74) is -0.616. The van der Waals surface area contributed by atoms with Gasteiger partial charge in [0.2, 0.25) is 0 Å². The highest BCUT2D eigenvalue weighted by Gasteiger charge is 2.32. The highest BCUT2D eigenvalue weighted by Crippen LogP contribution is 2.23. The van der Waals surface area contributed by atoms with Crippen LogP contribution in [0.2, 0.25) is 0 Å². The monoisotopic (exact) mass is 234 g/mol. The average molecular weight is 234 g/mol. The number of carbonyl (C=O) groups is 1. The van der Waals surface area contributed by atoms with Crippen LogP contribution in [0.4, 0.5) is 0 Å². The minimum atomic E-state index is -0.616. The van der Waals surface area contributed by atoms with Crippen molar-refractivity contribution in [2.45, 2.75) is 26.7 Å². The minimum absolute atomic E-state index is 0.106. The molecule has 0 saturated heterocycles. The molecule has 96 valence electrons. The van der Waals surface area contributed by atoms with E-state index in [9.17, 15) is 4.79 Å². The molecule has 0 fully saturated rings. The first-order chi connectivity index (χ1) is 7.60. The number of rotatable bonds is 9. The number of ether oxygens (including phenoxy) is 3. The normalized spacial score (nSPS) is 14.5. The lowest BCUT2D eigenvalue weighted by molar-refractivity contribution is -0.159. The summed E-state index contributed by atoms with van der Waals surface area (Å²) in [6.07, 6.45) is 1.24. The van der Waals surface area contributed by atoms with Crippen molar-refractivity contribution in [3.8, 4) is 0 Å². The quantitative estimate of drug-likeness (QED) is 0.365. The van der Waals surface area contributed by atoms with Gasteiger partial charge in [-0.1, -0.05) is 6.92 Å². The van der Waals surface area contributed by atoms with E-state index < -0.39 is 5.41 Å². The zero-order valence-corrected chi connectivity index (χ0v) is 10.3. The van der Waals surface area contributed by atoms with Gasteiger partial charge in [-0.25, -0.2) is 0 Å². The van der Waals surface area contributed by atoms with Crippen molar-refractivity contribution in [3.63, 3.8) is 0 Å². The number of carbonyl (C=O) groups excluding carboxylic acids is 1. The summed E-state index contributed by atoms with van der Waals surface area (Å²) in [5, 5.41) is 8.51. The molecule has 0 aliphatic heterocycles. The molecular formula is C11H22O5. The maximum Gasteiger partial charge on any atom is 0.313 e. The van der Waals surface area contributed by atoms with Crippen LogP contribution in [0.15, 0.2) is 0 Å². The first-order valence-corrected chi connectivity index (χ1v) is 5.45. The largest absolute Gasteiger partial charge is 0.469 e. The standard InChI is InChI=1S/C11H22O5/c1-4-11(2,10(13)14-3)8-16-9-15-7-5-6-12/h12H,4-9H2,1-3H3. The van der Waals surface area contributed by atoms with Crippen LogP contribution in [0, 0.1) is 5.41 Å². The molecule has 0 rings (SSSR count). The molecule has 0 saturated carbocycles. The summed E-state index contributed by atoms with van der Waals surface area (Å²) in [6, 6.07) is 0. The van der Waals surface area contributed by atoms with E-state index in [0.29, 0.717) is 19.4 Å². The number of aliphatic hydroxyl groups is 1. The predicted molar refractivity (Wildman–Crippen MR) is 58.9 cm³/mol. The molecule has 0 amide bonds. The minimum Gasteiger partial charge on any atom is -0.469 e. The van der Waals surface area contributed by atoms with Gasteiger partial charge < -0.3 is 19.3 Å². The second-order valence-corrected chi connectivity index (χ2v) is 3.86. The van der Waals surface area contributed by atoms with Crippen LogP contribution in [0.5, 0.6) is 0 Å². The lowest BCUT2D eigenvalue weighted by Gasteiger charge is -2.24. The second-order valence-electron chi connectivity index (χ2n) is 3.86. The number of hydrogen-bond acceptors (Lipinski definition) is 5. The Balaban J connectivity index is 3.74. The summed E-state index contributed by atoms with van der Waals surface area (Å²) in [5.74, 6) is -0.273. The van der Waals surface area contributed by atoms with E-state index in [4.69, 9.17) is 19.3 Å². The molecule has 5 heteroatoms. The average Bonchev–Trinajstić information content (AvgIpc) is 2.32. The molecule has 0 radical (unpaired) electrons. The summed E-state index contributed by atoms with van der Waals surface area (Å²) in [7, 11) is 1.37. The van der Waals surface area contributed by atoms with Crippen molar-refractivity contribution in [2.24, 2.45) is 5.41 Å². The van der Waals surface area contributed by atoms with Crippen LogP contribution < -0.4 is 0 Å². The van der Waals surface area contributed by atoms with Crippen LogP contribution in [0.25, 0.3) is 0 Å². The fraction of sp³-hybridized carbons (Fsp3) is 0.909. The zero-order valence-electron chi connectivity index (χ0n) is 10.3. The second kappa shape index (κ2) is 8.50. The Kier molecular flexibility index (Phi) is 8.15. The zero-order chi connectivity index (χ0) is 12.4. The number of methoxy groups -OCH3 is 1. The Morgan fingerprint density at radius 2 is 2.06 bits per heavy atom. The molecule has 0 aromatic heterocycles. The van der Waals surface area contributed by atoms with Gasteiger partial charge in [0.05, 0.1) is 25.7 Å². The van der Waals surface area contributed by atoms with E-state index >= 15 is 0 Å². The first kappa shape index (κ1) is 15.3. The fourth-order valence-electron chi connectivity index (χ4n) is 1.10. The molecular weight excluding hydrogens is 212 g/mol. The maximum absolute atomic E-state index is 11.5. The van der Waals surface area contributed by atoms with Gasteiger partial charge in [0.15, 0.2) is 0 Å². The number of hydrogen-bond donors (Lipinski definition) is 1. The van der Waals surface area contributed by atoms with E-state index in [0.717, 1.165) is 0 Å². The van der Waals surface area contributed by atoms with E-state index in [1.807, 2.05) is 6.92 Å². The molecule has 0 aromatic carbocycles. The van der Waals surface area contributed by atoms with Crippen molar-refractivity contribution in [2.75, 3.05) is 33.7 Å². The molecule has 0 heterocycles. The van der Waals surface area contributed by atoms with Crippen molar-refractivity contribution in [1.29, 1.82) is 0 Å². The fourth-order valence-corrected chi connectivity index (χ4v) is 1.10. The molecule has 1 N–H and O–H groups in total. The van der Waals surface area contributed by atoms with Crippen LogP contribution in [0.3, 0.4) is 0 Å². The van der Waals surface area contributed by atoms with E-state index in [1.165, 1.54) is 7.11 Å². The first-order valence-electron chi connectivity index (χ1n) is 5.45. The van der Waals surface area contributed by atoms with Gasteiger partial charge in [-0.15, -0.1) is 0 Å². The lowest BCUT2D eigenvalue weighted by Crippen LogP contribution is -2.33. The highest BCUT2D eigenvalue weighted by atomic mass is 16.7. The number of esters is 1. The van der Waals surface area contributed by atoms with Gasteiger partial charge in [0.1, 0.15) is 6.79 Å². The topological polar surface area (TPSA) is 65.0 Å². The Morgan fingerprint density at radius 1 is 1.38 bits per heavy atom. The van der Waals surface area contributed by atoms with E-state index in [2.05, 4.69) is 0 Å². The molecule has 1 unspecified atom stereocenters. The molecule has 0 bridgehead atoms. The van der Waals surface area contributed by atoms with Gasteiger partial charge >= 0.3 is 5.97 Å². The Labute approximate surface area is 96.7 Å². The highest BCUT2D eigenvalue weighted by molar-refractivity contribution is 5.76. The molecule has 0 spiro atoms. The van der Waals surface area contributed by atoms with Crippen LogP contribution in [-0.2, 0) is 19.0 Å². The molecule has 5 nitrogen and oxygen atoms in total. The third kappa shape index (κ3) is 5.44. The van der Waals surface area contributed by atoms with Crippen molar-refractivity contribution in [1.82, 2.24) is 0 Å². The molecule has 0 aliphatic rings. The molecule has 1 atom stereocenters. The van der Waals surface area contributed by atoms with Gasteiger partial charge in [-0.05, 0) is 19.8 Å². The molecule has 0 aromatic rings. The summed E-state index contributed by atoms with van der Waals surface area (Å²) in [6.45, 7) is 4.67. The van der Waals surface area contributed by atoms with Crippen molar-refractivity contribution in [3.05, 3.63) is 0 Å². The third-order valence-corrected chi connectivity index (χ3v) is 2.49. The predicted octanol–water partition coefficient (Wildman–Crippen LogP) is 0.949. The van der Waals surface area contributed by atoms with Crippen LogP contribution in [0.1, 0.15) is 26.7 Å². The molecule has 16 heavy (non-hydrogen) atoms. The Bertz CT molecular complexity index is 195. The Hall–Kier alpha value is -0.650. The van der Waals surface area contributed by atoms with Crippen molar-refractivity contribution < 1.29 is 24.1 Å². The summed E-state index contributed by atoms with van der Waals surface area (Å²) < 4.78 is 15.1. The Morgan fingerprint density at radius 3 is 2.56 bits per heavy atom. The third-order valence-electron chi connectivity index (χ3n) is 2.49. The number of aliphatic hydroxyl groups excluding tert-OH is 1. The molecule has 0 aliphatic carbocycles. The lowest BCUT2D eigenvalue weighted by atomic mass is 9.89. The smallest absolute Gasteiger partial charge is 0.313 e. The summed E-state index contributed by atoms with van der Waals surface area (Å²) >= 11 is 0. The summed E-state index contributed by atoms with van der Waals surface area (Å²) in [4.78, 5) is 11.5. The SMILES string of the molecule is CCC(C)(COCOCCCO)C(=O)OC. The van der Waals surface area contributed by atoms with Crippen molar-refractivity contribution >= 4 is 5.97 Å². The maximum atomic E-state index is 11.5. The van der Waals surface area contributed by atoms with Gasteiger partial charge in [-0.2, -0.15) is 0 Å². The van der Waals surface area contributed by atoms with Gasteiger partial charge in [-0.3, -0.25) is 4.79 Å². The van der Waals surface area contributed by atoms with Gasteiger partial charge in [0.25, 0.3) is 0 Å².